The van der Waals surface area contributed by atoms with Crippen LogP contribution in [0.2, 0.25) is 0 Å². The van der Waals surface area contributed by atoms with Gasteiger partial charge in [-0.25, -0.2) is 4.57 Å². The fraction of sp³-hybridized carbons (Fsp3) is 1.00. The molecule has 1 aliphatic rings. The molecule has 0 radical (unpaired) electrons. The van der Waals surface area contributed by atoms with Crippen molar-refractivity contribution in [1.29, 1.82) is 0 Å². The second-order valence-corrected chi connectivity index (χ2v) is 6.88. The normalized spacial score (nSPS) is 22.9. The van der Waals surface area contributed by atoms with E-state index in [9.17, 15) is 4.57 Å². The molecule has 1 atom stereocenters. The lowest BCUT2D eigenvalue weighted by Crippen LogP contribution is -2.25. The van der Waals surface area contributed by atoms with Crippen molar-refractivity contribution in [1.82, 2.24) is 0 Å². The van der Waals surface area contributed by atoms with Crippen molar-refractivity contribution in [2.45, 2.75) is 19.3 Å². The minimum absolute atomic E-state index is 0.261. The van der Waals surface area contributed by atoms with Gasteiger partial charge in [0.1, 0.15) is 5.44 Å². The summed E-state index contributed by atoms with van der Waals surface area (Å²) < 4.78 is 32.9. The van der Waals surface area contributed by atoms with Gasteiger partial charge < -0.3 is 18.5 Å². The van der Waals surface area contributed by atoms with Crippen molar-refractivity contribution >= 4 is 18.2 Å². The average Bonchev–Trinajstić information content (AvgIpc) is 2.19. The Morgan fingerprint density at radius 1 is 1.33 bits per heavy atom. The van der Waals surface area contributed by atoms with Crippen molar-refractivity contribution in [3.63, 3.8) is 0 Å². The predicted molar refractivity (Wildman–Crippen MR) is 59.0 cm³/mol. The van der Waals surface area contributed by atoms with Crippen LogP contribution in [-0.2, 0) is 23.1 Å². The SMILES string of the molecule is CCOP(=O)(OCC)SC1COCCO1. The molecular weight excluding hydrogens is 239 g/mol. The van der Waals surface area contributed by atoms with E-state index in [0.29, 0.717) is 33.0 Å². The molecule has 1 rings (SSSR count). The Labute approximate surface area is 94.1 Å². The van der Waals surface area contributed by atoms with Crippen LogP contribution in [-0.4, -0.2) is 38.5 Å². The zero-order valence-electron chi connectivity index (χ0n) is 9.01. The minimum Gasteiger partial charge on any atom is -0.375 e. The van der Waals surface area contributed by atoms with Gasteiger partial charge in [0.15, 0.2) is 0 Å². The van der Waals surface area contributed by atoms with Crippen LogP contribution in [0.4, 0.5) is 0 Å². The third-order valence-electron chi connectivity index (χ3n) is 1.61. The number of rotatable bonds is 6. The van der Waals surface area contributed by atoms with Crippen LogP contribution < -0.4 is 0 Å². The van der Waals surface area contributed by atoms with Crippen LogP contribution in [0.5, 0.6) is 0 Å². The smallest absolute Gasteiger partial charge is 0.375 e. The molecule has 0 aromatic rings. The fourth-order valence-electron chi connectivity index (χ4n) is 1.09. The first-order chi connectivity index (χ1) is 7.20. The van der Waals surface area contributed by atoms with E-state index in [2.05, 4.69) is 0 Å². The molecule has 15 heavy (non-hydrogen) atoms. The molecule has 1 heterocycles. The largest absolute Gasteiger partial charge is 0.391 e. The molecule has 0 spiro atoms. The highest BCUT2D eigenvalue weighted by atomic mass is 32.7. The Morgan fingerprint density at radius 2 is 2.00 bits per heavy atom. The Morgan fingerprint density at radius 3 is 2.47 bits per heavy atom. The molecule has 90 valence electrons. The standard InChI is InChI=1S/C8H17O5PS/c1-3-12-14(9,13-4-2)15-8-7-10-5-6-11-8/h8H,3-7H2,1-2H3. The van der Waals surface area contributed by atoms with Gasteiger partial charge in [-0.3, -0.25) is 0 Å². The second-order valence-electron chi connectivity index (χ2n) is 2.76. The summed E-state index contributed by atoms with van der Waals surface area (Å²) in [4.78, 5) is 0. The molecule has 1 unspecified atom stereocenters. The van der Waals surface area contributed by atoms with Gasteiger partial charge in [0.25, 0.3) is 0 Å². The van der Waals surface area contributed by atoms with Crippen LogP contribution in [0.25, 0.3) is 0 Å². The summed E-state index contributed by atoms with van der Waals surface area (Å²) in [5.74, 6) is 0. The third-order valence-corrected chi connectivity index (χ3v) is 5.63. The minimum atomic E-state index is -3.08. The van der Waals surface area contributed by atoms with Crippen LogP contribution in [0.3, 0.4) is 0 Å². The molecule has 7 heteroatoms. The monoisotopic (exact) mass is 256 g/mol. The van der Waals surface area contributed by atoms with Gasteiger partial charge >= 0.3 is 6.80 Å². The molecule has 5 nitrogen and oxygen atoms in total. The van der Waals surface area contributed by atoms with Crippen molar-refractivity contribution in [3.8, 4) is 0 Å². The van der Waals surface area contributed by atoms with Crippen molar-refractivity contribution < 1.29 is 23.1 Å². The topological polar surface area (TPSA) is 54.0 Å². The van der Waals surface area contributed by atoms with E-state index in [1.807, 2.05) is 0 Å². The van der Waals surface area contributed by atoms with Gasteiger partial charge in [-0.05, 0) is 25.2 Å². The molecule has 0 aromatic heterocycles. The van der Waals surface area contributed by atoms with Gasteiger partial charge in [0, 0.05) is 0 Å². The van der Waals surface area contributed by atoms with Crippen LogP contribution >= 0.6 is 18.2 Å². The summed E-state index contributed by atoms with van der Waals surface area (Å²) in [7, 11) is 0. The first-order valence-electron chi connectivity index (χ1n) is 4.97. The van der Waals surface area contributed by atoms with E-state index < -0.39 is 6.80 Å². The Bertz CT molecular complexity index is 209. The van der Waals surface area contributed by atoms with Crippen molar-refractivity contribution in [2.24, 2.45) is 0 Å². The molecule has 0 saturated carbocycles. The highest BCUT2D eigenvalue weighted by Crippen LogP contribution is 2.62. The quantitative estimate of drug-likeness (QED) is 0.679. The Hall–Kier alpha value is 0.420. The van der Waals surface area contributed by atoms with E-state index in [1.165, 1.54) is 0 Å². The first kappa shape index (κ1) is 13.5. The molecule has 0 amide bonds. The lowest BCUT2D eigenvalue weighted by atomic mass is 10.6. The van der Waals surface area contributed by atoms with E-state index >= 15 is 0 Å². The fourth-order valence-corrected chi connectivity index (χ4v) is 4.74. The maximum absolute atomic E-state index is 12.1. The van der Waals surface area contributed by atoms with Gasteiger partial charge in [0.2, 0.25) is 0 Å². The van der Waals surface area contributed by atoms with E-state index in [4.69, 9.17) is 18.5 Å². The van der Waals surface area contributed by atoms with Crippen LogP contribution in [0, 0.1) is 0 Å². The molecule has 0 aliphatic carbocycles. The van der Waals surface area contributed by atoms with Gasteiger partial charge in [-0.1, -0.05) is 0 Å². The van der Waals surface area contributed by atoms with Crippen LogP contribution in [0.15, 0.2) is 0 Å². The molecule has 1 saturated heterocycles. The summed E-state index contributed by atoms with van der Waals surface area (Å²) in [5.41, 5.74) is -0.261. The molecular formula is C8H17O5PS. The summed E-state index contributed by atoms with van der Waals surface area (Å²) in [6.07, 6.45) is 0. The van der Waals surface area contributed by atoms with E-state index in [-0.39, 0.29) is 5.44 Å². The summed E-state index contributed by atoms with van der Waals surface area (Å²) in [5, 5.41) is 0. The van der Waals surface area contributed by atoms with E-state index in [1.54, 1.807) is 13.8 Å². The summed E-state index contributed by atoms with van der Waals surface area (Å²) in [6, 6.07) is 0. The molecule has 1 aliphatic heterocycles. The zero-order chi connectivity index (χ0) is 11.1. The second kappa shape index (κ2) is 6.89. The van der Waals surface area contributed by atoms with Gasteiger partial charge in [0.05, 0.1) is 33.0 Å². The maximum atomic E-state index is 12.1. The van der Waals surface area contributed by atoms with Gasteiger partial charge in [-0.15, -0.1) is 0 Å². The van der Waals surface area contributed by atoms with Crippen LogP contribution in [0.1, 0.15) is 13.8 Å². The highest BCUT2D eigenvalue weighted by molar-refractivity contribution is 8.55. The summed E-state index contributed by atoms with van der Waals surface area (Å²) >= 11 is 1.08. The first-order valence-corrected chi connectivity index (χ1v) is 7.99. The van der Waals surface area contributed by atoms with Crippen molar-refractivity contribution in [2.75, 3.05) is 33.0 Å². The van der Waals surface area contributed by atoms with Gasteiger partial charge in [-0.2, -0.15) is 0 Å². The number of hydrogen-bond acceptors (Lipinski definition) is 6. The number of hydrogen-bond donors (Lipinski definition) is 0. The predicted octanol–water partition coefficient (Wildman–Crippen LogP) is 2.27. The lowest BCUT2D eigenvalue weighted by molar-refractivity contribution is -0.0495. The Kier molecular flexibility index (Phi) is 6.19. The zero-order valence-corrected chi connectivity index (χ0v) is 10.7. The third kappa shape index (κ3) is 4.85. The van der Waals surface area contributed by atoms with Crippen molar-refractivity contribution in [3.05, 3.63) is 0 Å². The average molecular weight is 256 g/mol. The molecule has 0 aromatic carbocycles. The highest BCUT2D eigenvalue weighted by Gasteiger charge is 2.31. The molecule has 1 fully saturated rings. The lowest BCUT2D eigenvalue weighted by Gasteiger charge is -2.25. The molecule has 0 bridgehead atoms. The maximum Gasteiger partial charge on any atom is 0.391 e. The molecule has 0 N–H and O–H groups in total. The summed E-state index contributed by atoms with van der Waals surface area (Å²) in [6.45, 7) is 2.74. The Balaban J connectivity index is 2.45. The number of ether oxygens (including phenoxy) is 2. The van der Waals surface area contributed by atoms with E-state index in [0.717, 1.165) is 11.4 Å².